The van der Waals surface area contributed by atoms with Crippen LogP contribution in [0.25, 0.3) is 11.0 Å². The number of aromatic nitrogens is 2. The number of nitrogens with zero attached hydrogens (tertiary/aromatic N) is 3. The lowest BCUT2D eigenvalue weighted by molar-refractivity contribution is -0.384. The Bertz CT molecular complexity index is 1240. The number of carbonyl (C=O) groups excluding carboxylic acids is 1. The third-order valence-corrected chi connectivity index (χ3v) is 6.27. The highest BCUT2D eigenvalue weighted by Crippen LogP contribution is 2.40. The molecule has 0 saturated heterocycles. The van der Waals surface area contributed by atoms with E-state index in [0.717, 1.165) is 43.1 Å². The van der Waals surface area contributed by atoms with E-state index in [-0.39, 0.29) is 17.8 Å². The van der Waals surface area contributed by atoms with Gasteiger partial charge in [-0.15, -0.1) is 0 Å². The molecule has 1 saturated carbocycles. The van der Waals surface area contributed by atoms with Crippen molar-refractivity contribution in [2.45, 2.75) is 51.2 Å². The zero-order valence-electron chi connectivity index (χ0n) is 17.8. The average molecular weight is 432 g/mol. The fraction of sp³-hybridized carbons (Fsp3) is 0.333. The fourth-order valence-electron chi connectivity index (χ4n) is 4.75. The minimum absolute atomic E-state index is 0.0235. The van der Waals surface area contributed by atoms with Crippen molar-refractivity contribution in [3.63, 3.8) is 0 Å². The third kappa shape index (κ3) is 3.51. The van der Waals surface area contributed by atoms with Gasteiger partial charge in [-0.05, 0) is 50.3 Å². The van der Waals surface area contributed by atoms with E-state index in [1.807, 2.05) is 41.8 Å². The van der Waals surface area contributed by atoms with Gasteiger partial charge in [0, 0.05) is 17.8 Å². The molecular weight excluding hydrogens is 408 g/mol. The number of hydrogen-bond acceptors (Lipinski definition) is 6. The zero-order valence-corrected chi connectivity index (χ0v) is 17.8. The number of rotatable bonds is 4. The van der Waals surface area contributed by atoms with Gasteiger partial charge in [-0.25, -0.2) is 9.78 Å². The lowest BCUT2D eigenvalue weighted by Crippen LogP contribution is -2.31. The Morgan fingerprint density at radius 2 is 1.94 bits per heavy atom. The van der Waals surface area contributed by atoms with Gasteiger partial charge in [-0.3, -0.25) is 14.7 Å². The van der Waals surface area contributed by atoms with Crippen LogP contribution in [0, 0.1) is 10.1 Å². The first-order valence-electron chi connectivity index (χ1n) is 10.9. The van der Waals surface area contributed by atoms with E-state index < -0.39 is 11.0 Å². The summed E-state index contributed by atoms with van der Waals surface area (Å²) in [7, 11) is 0. The molecule has 5 rings (SSSR count). The summed E-state index contributed by atoms with van der Waals surface area (Å²) in [5, 5.41) is 14.7. The van der Waals surface area contributed by atoms with E-state index in [1.165, 1.54) is 12.1 Å². The number of benzene rings is 2. The first kappa shape index (κ1) is 20.2. The van der Waals surface area contributed by atoms with Gasteiger partial charge in [0.25, 0.3) is 5.69 Å². The van der Waals surface area contributed by atoms with Crippen LogP contribution in [0.2, 0.25) is 0 Å². The largest absolute Gasteiger partial charge is 0.459 e. The minimum atomic E-state index is -0.588. The van der Waals surface area contributed by atoms with E-state index >= 15 is 0 Å². The Morgan fingerprint density at radius 3 is 2.72 bits per heavy atom. The van der Waals surface area contributed by atoms with E-state index in [4.69, 9.17) is 4.74 Å². The number of ether oxygens (including phenoxy) is 1. The molecule has 32 heavy (non-hydrogen) atoms. The van der Waals surface area contributed by atoms with Gasteiger partial charge in [-0.1, -0.05) is 30.7 Å². The molecule has 8 heteroatoms. The molecule has 1 fully saturated rings. The number of fused-ring (bicyclic) bond motifs is 3. The molecule has 3 aromatic rings. The van der Waals surface area contributed by atoms with Crippen molar-refractivity contribution >= 4 is 28.6 Å². The number of carbonyl (C=O) groups is 1. The molecule has 2 aromatic carbocycles. The van der Waals surface area contributed by atoms with Gasteiger partial charge >= 0.3 is 5.97 Å². The van der Waals surface area contributed by atoms with Crippen LogP contribution in [0.5, 0.6) is 0 Å². The monoisotopic (exact) mass is 432 g/mol. The van der Waals surface area contributed by atoms with Crippen molar-refractivity contribution in [1.29, 1.82) is 0 Å². The van der Waals surface area contributed by atoms with Crippen LogP contribution in [-0.2, 0) is 9.53 Å². The molecule has 0 radical (unpaired) electrons. The Hall–Kier alpha value is -3.68. The number of hydrogen-bond donors (Lipinski definition) is 1. The van der Waals surface area contributed by atoms with Crippen LogP contribution in [-0.4, -0.2) is 26.5 Å². The molecule has 1 aliphatic carbocycles. The molecule has 8 nitrogen and oxygen atoms in total. The number of imidazole rings is 1. The van der Waals surface area contributed by atoms with E-state index in [0.29, 0.717) is 22.8 Å². The van der Waals surface area contributed by atoms with Gasteiger partial charge in [0.05, 0.1) is 27.6 Å². The summed E-state index contributed by atoms with van der Waals surface area (Å²) in [5.41, 5.74) is 3.32. The summed E-state index contributed by atoms with van der Waals surface area (Å²) in [4.78, 5) is 29.2. The maximum Gasteiger partial charge on any atom is 0.338 e. The van der Waals surface area contributed by atoms with Crippen molar-refractivity contribution in [3.05, 3.63) is 75.5 Å². The second kappa shape index (κ2) is 8.11. The van der Waals surface area contributed by atoms with Gasteiger partial charge < -0.3 is 10.1 Å². The number of non-ortho nitro benzene ring substituents is 1. The number of allylic oxidation sites excluding steroid dienone is 1. The Morgan fingerprint density at radius 1 is 1.16 bits per heavy atom. The molecule has 164 valence electrons. The number of nitro groups is 1. The van der Waals surface area contributed by atoms with Gasteiger partial charge in [0.1, 0.15) is 6.10 Å². The molecule has 2 heterocycles. The molecule has 0 amide bonds. The summed E-state index contributed by atoms with van der Waals surface area (Å²) < 4.78 is 7.86. The standard InChI is InChI=1S/C24H24N4O4/c1-15-21(23(29)32-18-10-3-2-4-11-18)22(16-8-7-9-17(14-16)28(30)31)27-20-13-6-5-12-19(20)26-24(27)25-15/h5-9,12-14,18,22H,2-4,10-11H2,1H3,(H,25,26). The summed E-state index contributed by atoms with van der Waals surface area (Å²) in [6, 6.07) is 13.5. The number of nitrogens with one attached hydrogen (secondary N) is 1. The van der Waals surface area contributed by atoms with Gasteiger partial charge in [0.15, 0.2) is 0 Å². The number of anilines is 1. The Labute approximate surface area is 185 Å². The lowest BCUT2D eigenvalue weighted by atomic mass is 9.94. The molecule has 1 N–H and O–H groups in total. The van der Waals surface area contributed by atoms with Crippen molar-refractivity contribution in [3.8, 4) is 0 Å². The van der Waals surface area contributed by atoms with Crippen molar-refractivity contribution in [1.82, 2.24) is 9.55 Å². The lowest BCUT2D eigenvalue weighted by Gasteiger charge is -2.31. The smallest absolute Gasteiger partial charge is 0.338 e. The molecule has 2 aliphatic rings. The summed E-state index contributed by atoms with van der Waals surface area (Å²) in [6.45, 7) is 1.82. The predicted molar refractivity (Wildman–Crippen MR) is 120 cm³/mol. The second-order valence-corrected chi connectivity index (χ2v) is 8.38. The summed E-state index contributed by atoms with van der Waals surface area (Å²) >= 11 is 0. The maximum atomic E-state index is 13.5. The van der Waals surface area contributed by atoms with Crippen molar-refractivity contribution in [2.75, 3.05) is 5.32 Å². The normalized spacial score (nSPS) is 18.8. The average Bonchev–Trinajstić information content (AvgIpc) is 3.16. The van der Waals surface area contributed by atoms with Gasteiger partial charge in [0.2, 0.25) is 5.95 Å². The molecule has 1 unspecified atom stereocenters. The predicted octanol–water partition coefficient (Wildman–Crippen LogP) is 5.11. The van der Waals surface area contributed by atoms with Crippen LogP contribution in [0.1, 0.15) is 50.6 Å². The molecule has 1 aliphatic heterocycles. The highest BCUT2D eigenvalue weighted by atomic mass is 16.6. The number of nitro benzene ring substituents is 1. The fourth-order valence-corrected chi connectivity index (χ4v) is 4.75. The Balaban J connectivity index is 1.64. The van der Waals surface area contributed by atoms with Crippen molar-refractivity contribution in [2.24, 2.45) is 0 Å². The van der Waals surface area contributed by atoms with Crippen LogP contribution >= 0.6 is 0 Å². The SMILES string of the molecule is CC1=C(C(=O)OC2CCCCC2)C(c2cccc([N+](=O)[O-])c2)n2c(nc3ccccc32)N1. The van der Waals surface area contributed by atoms with E-state index in [9.17, 15) is 14.9 Å². The van der Waals surface area contributed by atoms with E-state index in [2.05, 4.69) is 10.3 Å². The summed E-state index contributed by atoms with van der Waals surface area (Å²) in [5.74, 6) is 0.205. The van der Waals surface area contributed by atoms with Crippen LogP contribution in [0.4, 0.5) is 11.6 Å². The minimum Gasteiger partial charge on any atom is -0.459 e. The van der Waals surface area contributed by atoms with Crippen molar-refractivity contribution < 1.29 is 14.5 Å². The molecule has 1 aromatic heterocycles. The molecule has 0 spiro atoms. The zero-order chi connectivity index (χ0) is 22.2. The highest BCUT2D eigenvalue weighted by molar-refractivity contribution is 5.94. The van der Waals surface area contributed by atoms with Crippen LogP contribution < -0.4 is 5.32 Å². The van der Waals surface area contributed by atoms with Gasteiger partial charge in [-0.2, -0.15) is 0 Å². The van der Waals surface area contributed by atoms with Crippen LogP contribution in [0.3, 0.4) is 0 Å². The number of esters is 1. The summed E-state index contributed by atoms with van der Waals surface area (Å²) in [6.07, 6.45) is 4.91. The molecule has 0 bridgehead atoms. The number of para-hydroxylation sites is 2. The maximum absolute atomic E-state index is 13.5. The topological polar surface area (TPSA) is 99.3 Å². The Kier molecular flexibility index (Phi) is 5.13. The third-order valence-electron chi connectivity index (χ3n) is 6.27. The first-order valence-corrected chi connectivity index (χ1v) is 10.9. The molecule has 1 atom stereocenters. The first-order chi connectivity index (χ1) is 15.5. The second-order valence-electron chi connectivity index (χ2n) is 8.38. The quantitative estimate of drug-likeness (QED) is 0.349. The molecular formula is C24H24N4O4. The van der Waals surface area contributed by atoms with E-state index in [1.54, 1.807) is 6.07 Å². The highest BCUT2D eigenvalue weighted by Gasteiger charge is 2.36. The van der Waals surface area contributed by atoms with Crippen LogP contribution in [0.15, 0.2) is 59.8 Å².